The van der Waals surface area contributed by atoms with Gasteiger partial charge in [-0.05, 0) is 73.6 Å². The third-order valence-corrected chi connectivity index (χ3v) is 8.52. The molecule has 0 spiro atoms. The van der Waals surface area contributed by atoms with Gasteiger partial charge in [0.25, 0.3) is 0 Å². The number of thiocarbonyl (C=S) groups is 1. The van der Waals surface area contributed by atoms with Gasteiger partial charge in [0.2, 0.25) is 0 Å². The van der Waals surface area contributed by atoms with E-state index in [9.17, 15) is 4.79 Å². The summed E-state index contributed by atoms with van der Waals surface area (Å²) in [6, 6.07) is 14.8. The number of aromatic nitrogens is 2. The molecule has 0 aliphatic heterocycles. The van der Waals surface area contributed by atoms with E-state index in [1.54, 1.807) is 11.3 Å². The summed E-state index contributed by atoms with van der Waals surface area (Å²) in [5.41, 5.74) is 5.72. The molecule has 8 heteroatoms. The molecule has 0 fully saturated rings. The van der Waals surface area contributed by atoms with Crippen LogP contribution in [0.5, 0.6) is 0 Å². The molecule has 2 aromatic heterocycles. The Morgan fingerprint density at radius 3 is 2.62 bits per heavy atom. The highest BCUT2D eigenvalue weighted by Gasteiger charge is 2.25. The second-order valence-corrected chi connectivity index (χ2v) is 11.0. The van der Waals surface area contributed by atoms with Crippen molar-refractivity contribution < 1.29 is 9.53 Å². The SMILES string of the molecule is COC(=O)c1c(NC(=S)Nc2c(C)nn(Cc3cccc4ccccc34)c2C)sc2c1CCCCCC2. The minimum atomic E-state index is -0.307. The summed E-state index contributed by atoms with van der Waals surface area (Å²) >= 11 is 7.33. The number of benzene rings is 2. The van der Waals surface area contributed by atoms with Gasteiger partial charge < -0.3 is 15.4 Å². The van der Waals surface area contributed by atoms with E-state index in [4.69, 9.17) is 22.1 Å². The highest BCUT2D eigenvalue weighted by Crippen LogP contribution is 2.37. The van der Waals surface area contributed by atoms with Crippen LogP contribution in [-0.2, 0) is 24.1 Å². The molecule has 4 aromatic rings. The van der Waals surface area contributed by atoms with Gasteiger partial charge in [-0.15, -0.1) is 11.3 Å². The van der Waals surface area contributed by atoms with Crippen molar-refractivity contribution in [2.24, 2.45) is 0 Å². The molecule has 2 heterocycles. The van der Waals surface area contributed by atoms with E-state index in [1.807, 2.05) is 18.5 Å². The Hall–Kier alpha value is -3.23. The Labute approximate surface area is 227 Å². The first-order valence-electron chi connectivity index (χ1n) is 12.8. The Balaban J connectivity index is 1.38. The van der Waals surface area contributed by atoms with Gasteiger partial charge >= 0.3 is 5.97 Å². The van der Waals surface area contributed by atoms with Crippen LogP contribution in [0.3, 0.4) is 0 Å². The van der Waals surface area contributed by atoms with Gasteiger partial charge in [0.1, 0.15) is 5.00 Å². The lowest BCUT2D eigenvalue weighted by Gasteiger charge is -2.13. The number of hydrogen-bond donors (Lipinski definition) is 2. The van der Waals surface area contributed by atoms with E-state index in [0.29, 0.717) is 17.2 Å². The molecule has 192 valence electrons. The molecule has 5 rings (SSSR count). The van der Waals surface area contributed by atoms with Crippen LogP contribution in [0.15, 0.2) is 42.5 Å². The highest BCUT2D eigenvalue weighted by molar-refractivity contribution is 7.80. The molecule has 0 atom stereocenters. The van der Waals surface area contributed by atoms with Crippen LogP contribution in [0, 0.1) is 13.8 Å². The summed E-state index contributed by atoms with van der Waals surface area (Å²) in [7, 11) is 1.44. The zero-order valence-electron chi connectivity index (χ0n) is 21.5. The van der Waals surface area contributed by atoms with Crippen LogP contribution >= 0.6 is 23.6 Å². The van der Waals surface area contributed by atoms with Crippen molar-refractivity contribution in [3.8, 4) is 0 Å². The lowest BCUT2D eigenvalue weighted by molar-refractivity contribution is 0.0601. The van der Waals surface area contributed by atoms with Crippen LogP contribution < -0.4 is 10.6 Å². The first-order chi connectivity index (χ1) is 18.0. The second kappa shape index (κ2) is 11.0. The van der Waals surface area contributed by atoms with Crippen molar-refractivity contribution in [1.29, 1.82) is 0 Å². The number of nitrogens with zero attached hydrogens (tertiary/aromatic N) is 2. The summed E-state index contributed by atoms with van der Waals surface area (Å²) in [6.45, 7) is 4.70. The van der Waals surface area contributed by atoms with Gasteiger partial charge in [-0.25, -0.2) is 4.79 Å². The molecule has 0 saturated heterocycles. The minimum absolute atomic E-state index is 0.307. The first-order valence-corrected chi connectivity index (χ1v) is 14.0. The van der Waals surface area contributed by atoms with Crippen LogP contribution in [0.1, 0.15) is 63.4 Å². The molecule has 0 unspecified atom stereocenters. The minimum Gasteiger partial charge on any atom is -0.465 e. The van der Waals surface area contributed by atoms with Crippen LogP contribution in [0.4, 0.5) is 10.7 Å². The van der Waals surface area contributed by atoms with E-state index < -0.39 is 0 Å². The molecule has 0 amide bonds. The standard InChI is InChI=1S/C29H32N4O2S2/c1-18-26(19(2)33(32-18)17-21-13-10-12-20-11-8-9-14-22(20)21)30-29(36)31-27-25(28(34)35-3)23-15-6-4-5-7-16-24(23)37-27/h8-14H,4-7,15-17H2,1-3H3,(H2,30,31,36). The number of ether oxygens (including phenoxy) is 1. The lowest BCUT2D eigenvalue weighted by atomic mass is 9.96. The second-order valence-electron chi connectivity index (χ2n) is 9.53. The number of fused-ring (bicyclic) bond motifs is 2. The molecule has 0 radical (unpaired) electrons. The summed E-state index contributed by atoms with van der Waals surface area (Å²) < 4.78 is 7.17. The summed E-state index contributed by atoms with van der Waals surface area (Å²) in [5.74, 6) is -0.307. The Morgan fingerprint density at radius 1 is 1.05 bits per heavy atom. The van der Waals surface area contributed by atoms with Gasteiger partial charge in [0.15, 0.2) is 5.11 Å². The Kier molecular flexibility index (Phi) is 7.58. The van der Waals surface area contributed by atoms with Gasteiger partial charge in [0, 0.05) is 4.88 Å². The lowest BCUT2D eigenvalue weighted by Crippen LogP contribution is -2.21. The molecular formula is C29H32N4O2S2. The van der Waals surface area contributed by atoms with Crippen molar-refractivity contribution in [2.75, 3.05) is 17.7 Å². The number of methoxy groups -OCH3 is 1. The molecular weight excluding hydrogens is 500 g/mol. The van der Waals surface area contributed by atoms with Crippen molar-refractivity contribution in [3.63, 3.8) is 0 Å². The normalized spacial score (nSPS) is 13.5. The number of nitrogens with one attached hydrogen (secondary N) is 2. The number of rotatable bonds is 5. The predicted molar refractivity (Wildman–Crippen MR) is 156 cm³/mol. The van der Waals surface area contributed by atoms with Crippen molar-refractivity contribution >= 4 is 56.1 Å². The molecule has 1 aliphatic rings. The van der Waals surface area contributed by atoms with Crippen LogP contribution in [0.25, 0.3) is 10.8 Å². The number of esters is 1. The maximum absolute atomic E-state index is 12.8. The van der Waals surface area contributed by atoms with Gasteiger partial charge in [-0.1, -0.05) is 55.3 Å². The topological polar surface area (TPSA) is 68.2 Å². The summed E-state index contributed by atoms with van der Waals surface area (Å²) in [6.07, 6.45) is 6.55. The molecule has 6 nitrogen and oxygen atoms in total. The van der Waals surface area contributed by atoms with E-state index in [-0.39, 0.29) is 5.97 Å². The Bertz CT molecular complexity index is 1470. The number of thiophene rings is 1. The third-order valence-electron chi connectivity index (χ3n) is 7.11. The number of anilines is 2. The fourth-order valence-corrected chi connectivity index (χ4v) is 6.75. The largest absolute Gasteiger partial charge is 0.465 e. The van der Waals surface area contributed by atoms with Crippen molar-refractivity contribution in [3.05, 3.63) is 75.4 Å². The number of carbonyl (C=O) groups is 1. The zero-order valence-corrected chi connectivity index (χ0v) is 23.2. The first kappa shape index (κ1) is 25.4. The van der Waals surface area contributed by atoms with E-state index in [1.165, 1.54) is 41.2 Å². The number of hydrogen-bond acceptors (Lipinski definition) is 5. The highest BCUT2D eigenvalue weighted by atomic mass is 32.1. The van der Waals surface area contributed by atoms with Gasteiger partial charge in [-0.2, -0.15) is 5.10 Å². The number of aryl methyl sites for hydroxylation is 2. The zero-order chi connectivity index (χ0) is 25.9. The van der Waals surface area contributed by atoms with Gasteiger partial charge in [0.05, 0.1) is 36.3 Å². The molecule has 37 heavy (non-hydrogen) atoms. The summed E-state index contributed by atoms with van der Waals surface area (Å²) in [5, 5.41) is 15.1. The van der Waals surface area contributed by atoms with Gasteiger partial charge in [-0.3, -0.25) is 4.68 Å². The molecule has 2 aromatic carbocycles. The molecule has 0 bridgehead atoms. The smallest absolute Gasteiger partial charge is 0.341 e. The molecule has 2 N–H and O–H groups in total. The fourth-order valence-electron chi connectivity index (χ4n) is 5.20. The molecule has 1 aliphatic carbocycles. The predicted octanol–water partition coefficient (Wildman–Crippen LogP) is 7.02. The number of carbonyl (C=O) groups excluding carboxylic acids is 1. The average molecular weight is 533 g/mol. The Morgan fingerprint density at radius 2 is 1.81 bits per heavy atom. The monoisotopic (exact) mass is 532 g/mol. The van der Waals surface area contributed by atoms with E-state index in [2.05, 4.69) is 53.1 Å². The molecule has 0 saturated carbocycles. The maximum atomic E-state index is 12.8. The quantitative estimate of drug-likeness (QED) is 0.213. The van der Waals surface area contributed by atoms with E-state index >= 15 is 0 Å². The van der Waals surface area contributed by atoms with Crippen molar-refractivity contribution in [1.82, 2.24) is 9.78 Å². The van der Waals surface area contributed by atoms with E-state index in [0.717, 1.165) is 53.3 Å². The third kappa shape index (κ3) is 5.26. The van der Waals surface area contributed by atoms with Crippen molar-refractivity contribution in [2.45, 2.75) is 58.9 Å². The maximum Gasteiger partial charge on any atom is 0.341 e. The van der Waals surface area contributed by atoms with Crippen LogP contribution in [0.2, 0.25) is 0 Å². The average Bonchev–Trinajstić information content (AvgIpc) is 3.34. The van der Waals surface area contributed by atoms with Crippen LogP contribution in [-0.4, -0.2) is 28.0 Å². The summed E-state index contributed by atoms with van der Waals surface area (Å²) in [4.78, 5) is 14.0. The fraction of sp³-hybridized carbons (Fsp3) is 0.345.